The van der Waals surface area contributed by atoms with E-state index < -0.39 is 9.84 Å². The minimum Gasteiger partial charge on any atom is -0.218 e. The normalized spacial score (nSPS) is 13.1. The van der Waals surface area contributed by atoms with Gasteiger partial charge in [-0.3, -0.25) is 0 Å². The molecule has 0 spiro atoms. The molecule has 1 aliphatic rings. The zero-order valence-corrected chi connectivity index (χ0v) is 39.0. The molecule has 60 heavy (non-hydrogen) atoms. The smallest absolute Gasteiger partial charge is 0.207 e. The molecule has 320 valence electrons. The van der Waals surface area contributed by atoms with Crippen LogP contribution in [0.5, 0.6) is 0 Å². The molecule has 1 aromatic heterocycles. The maximum Gasteiger partial charge on any atom is 0.207 e. The van der Waals surface area contributed by atoms with Crippen molar-refractivity contribution < 1.29 is 8.42 Å². The van der Waals surface area contributed by atoms with Gasteiger partial charge >= 0.3 is 0 Å². The molecule has 0 fully saturated rings. The van der Waals surface area contributed by atoms with E-state index in [-0.39, 0.29) is 0 Å². The topological polar surface area (TPSA) is 34.1 Å². The van der Waals surface area contributed by atoms with Crippen LogP contribution in [0.1, 0.15) is 164 Å². The number of allylic oxidation sites excluding steroid dienone is 2. The molecular weight excluding hydrogens is 769 g/mol. The van der Waals surface area contributed by atoms with Crippen molar-refractivity contribution in [3.8, 4) is 20.9 Å². The first-order valence-electron chi connectivity index (χ1n) is 23.5. The highest BCUT2D eigenvalue weighted by Gasteiger charge is 2.29. The number of rotatable bonds is 24. The molecule has 0 amide bonds. The Morgan fingerprint density at radius 1 is 0.333 bits per heavy atom. The first-order valence-corrected chi connectivity index (χ1v) is 25.8. The van der Waals surface area contributed by atoms with Crippen molar-refractivity contribution in [2.24, 2.45) is 0 Å². The highest BCUT2D eigenvalue weighted by molar-refractivity contribution is 8.09. The fourth-order valence-electron chi connectivity index (χ4n) is 7.97. The van der Waals surface area contributed by atoms with E-state index in [4.69, 9.17) is 0 Å². The van der Waals surface area contributed by atoms with Crippen molar-refractivity contribution in [2.45, 2.75) is 156 Å². The summed E-state index contributed by atoms with van der Waals surface area (Å²) in [7, 11) is -3.49. The Hall–Kier alpha value is -3.99. The second-order valence-corrected chi connectivity index (χ2v) is 19.7. The summed E-state index contributed by atoms with van der Waals surface area (Å²) in [5.41, 5.74) is 9.72. The lowest BCUT2D eigenvalue weighted by molar-refractivity contribution is 0.615. The third-order valence-corrected chi connectivity index (χ3v) is 14.9. The summed E-state index contributed by atoms with van der Waals surface area (Å²) in [6.45, 7) is 8.98. The highest BCUT2D eigenvalue weighted by atomic mass is 32.2. The maximum absolute atomic E-state index is 13.2. The molecule has 0 N–H and O–H groups in total. The summed E-state index contributed by atoms with van der Waals surface area (Å²) in [4.78, 5) is 3.54. The van der Waals surface area contributed by atoms with Crippen LogP contribution in [0.3, 0.4) is 0 Å². The molecule has 5 aromatic rings. The highest BCUT2D eigenvalue weighted by Crippen LogP contribution is 2.38. The van der Waals surface area contributed by atoms with Gasteiger partial charge in [-0.15, -0.1) is 11.3 Å². The number of benzene rings is 4. The Morgan fingerprint density at radius 2 is 0.600 bits per heavy atom. The summed E-state index contributed by atoms with van der Waals surface area (Å²) in [6, 6.07) is 39.1. The van der Waals surface area contributed by atoms with E-state index in [1.54, 1.807) is 12.2 Å². The Balaban J connectivity index is 0.000000228. The fourth-order valence-corrected chi connectivity index (χ4v) is 10.6. The molecule has 0 saturated carbocycles. The molecule has 1 aliphatic heterocycles. The van der Waals surface area contributed by atoms with Crippen LogP contribution in [0.15, 0.2) is 121 Å². The average molecular weight is 841 g/mol. The number of unbranched alkanes of at least 4 members (excludes halogenated alkanes) is 12. The van der Waals surface area contributed by atoms with Gasteiger partial charge < -0.3 is 0 Å². The number of hydrogen-bond acceptors (Lipinski definition) is 3. The minimum absolute atomic E-state index is 0.406. The second-order valence-electron chi connectivity index (χ2n) is 16.8. The zero-order chi connectivity index (χ0) is 42.4. The third-order valence-electron chi connectivity index (χ3n) is 11.8. The molecule has 2 heterocycles. The lowest BCUT2D eigenvalue weighted by Crippen LogP contribution is -2.03. The summed E-state index contributed by atoms with van der Waals surface area (Å²) in [6.07, 6.45) is 28.6. The van der Waals surface area contributed by atoms with Crippen molar-refractivity contribution in [1.29, 1.82) is 0 Å². The lowest BCUT2D eigenvalue weighted by Gasteiger charge is -2.10. The lowest BCUT2D eigenvalue weighted by atomic mass is 10.0. The molecule has 0 unspecified atom stereocenters. The van der Waals surface area contributed by atoms with Gasteiger partial charge in [-0.2, -0.15) is 0 Å². The van der Waals surface area contributed by atoms with Gasteiger partial charge in [-0.1, -0.05) is 202 Å². The van der Waals surface area contributed by atoms with Crippen molar-refractivity contribution >= 4 is 31.0 Å². The van der Waals surface area contributed by atoms with Gasteiger partial charge in [-0.25, -0.2) is 8.42 Å². The molecule has 2 nitrogen and oxygen atoms in total. The zero-order valence-electron chi connectivity index (χ0n) is 37.3. The van der Waals surface area contributed by atoms with E-state index in [1.807, 2.05) is 35.6 Å². The average Bonchev–Trinajstić information content (AvgIpc) is 3.90. The molecular formula is C56H72O2S2. The molecule has 0 bridgehead atoms. The van der Waals surface area contributed by atoms with E-state index in [0.717, 1.165) is 24.0 Å². The molecule has 4 heteroatoms. The predicted octanol–water partition coefficient (Wildman–Crippen LogP) is 17.1. The standard InChI is InChI=1S/C28H36O2S.C28H36S/c1-3-5-7-9-11-23-13-17-25(18-14-23)27-21-22-28(31(27,29)30)26-19-15-24(16-20-26)12-10-8-6-4-2;1-3-5-7-9-11-23-13-17-25(18-14-23)27-21-22-28(29-27)26-19-15-24(16-20-26)12-10-8-6-4-2/h13-22H,3-12H2,1-2H3;13-22H,3-12H2,1-2H3. The molecule has 0 aliphatic carbocycles. The number of aryl methyl sites for hydroxylation is 4. The summed E-state index contributed by atoms with van der Waals surface area (Å²) < 4.78 is 26.4. The molecule has 0 radical (unpaired) electrons. The Morgan fingerprint density at radius 3 is 0.867 bits per heavy atom. The van der Waals surface area contributed by atoms with Crippen LogP contribution in [-0.4, -0.2) is 8.42 Å². The van der Waals surface area contributed by atoms with Gasteiger partial charge in [0.2, 0.25) is 9.84 Å². The largest absolute Gasteiger partial charge is 0.218 e. The van der Waals surface area contributed by atoms with Crippen LogP contribution >= 0.6 is 11.3 Å². The van der Waals surface area contributed by atoms with Gasteiger partial charge in [0, 0.05) is 9.75 Å². The van der Waals surface area contributed by atoms with Gasteiger partial charge in [0.25, 0.3) is 0 Å². The molecule has 4 aromatic carbocycles. The summed E-state index contributed by atoms with van der Waals surface area (Å²) in [5, 5.41) is 0. The summed E-state index contributed by atoms with van der Waals surface area (Å²) in [5.74, 6) is 0. The van der Waals surface area contributed by atoms with E-state index >= 15 is 0 Å². The van der Waals surface area contributed by atoms with Crippen molar-refractivity contribution in [2.75, 3.05) is 0 Å². The minimum atomic E-state index is -3.49. The third kappa shape index (κ3) is 14.6. The molecule has 6 rings (SSSR count). The van der Waals surface area contributed by atoms with E-state index in [9.17, 15) is 8.42 Å². The quantitative estimate of drug-likeness (QED) is 0.0580. The maximum atomic E-state index is 13.2. The predicted molar refractivity (Wildman–Crippen MR) is 264 cm³/mol. The van der Waals surface area contributed by atoms with Gasteiger partial charge in [0.1, 0.15) is 0 Å². The Kier molecular flexibility index (Phi) is 20.2. The molecule has 0 atom stereocenters. The van der Waals surface area contributed by atoms with E-state index in [2.05, 4.69) is 113 Å². The van der Waals surface area contributed by atoms with Crippen molar-refractivity contribution in [3.63, 3.8) is 0 Å². The SMILES string of the molecule is CCCCCCc1ccc(-c2ccc(-c3ccc(CCCCCC)cc3)s2)cc1.CCCCCCc1ccc(C2=CC=C(c3ccc(CCCCCC)cc3)S2(=O)=O)cc1. The van der Waals surface area contributed by atoms with Crippen LogP contribution in [0.4, 0.5) is 0 Å². The Labute approximate surface area is 369 Å². The van der Waals surface area contributed by atoms with Crippen LogP contribution in [0.25, 0.3) is 30.7 Å². The van der Waals surface area contributed by atoms with Crippen molar-refractivity contribution in [1.82, 2.24) is 0 Å². The number of thiophene rings is 1. The fraction of sp³-hybridized carbons (Fsp3) is 0.429. The number of hydrogen-bond donors (Lipinski definition) is 0. The van der Waals surface area contributed by atoms with Crippen LogP contribution < -0.4 is 0 Å². The van der Waals surface area contributed by atoms with Gasteiger partial charge in [0.05, 0.1) is 9.81 Å². The Bertz CT molecular complexity index is 1980. The van der Waals surface area contributed by atoms with Crippen molar-refractivity contribution in [3.05, 3.63) is 155 Å². The van der Waals surface area contributed by atoms with Gasteiger partial charge in [-0.05, 0) is 120 Å². The first kappa shape index (κ1) is 47.1. The summed E-state index contributed by atoms with van der Waals surface area (Å²) >= 11 is 1.90. The second kappa shape index (κ2) is 25.7. The monoisotopic (exact) mass is 840 g/mol. The first-order chi connectivity index (χ1) is 29.4. The van der Waals surface area contributed by atoms with Gasteiger partial charge in [0.15, 0.2) is 0 Å². The van der Waals surface area contributed by atoms with E-state index in [0.29, 0.717) is 9.81 Å². The molecule has 0 saturated heterocycles. The van der Waals surface area contributed by atoms with Crippen LogP contribution in [0, 0.1) is 0 Å². The van der Waals surface area contributed by atoms with Crippen LogP contribution in [0.2, 0.25) is 0 Å². The number of sulfone groups is 1. The van der Waals surface area contributed by atoms with E-state index in [1.165, 1.54) is 159 Å². The van der Waals surface area contributed by atoms with Crippen LogP contribution in [-0.2, 0) is 35.5 Å².